The fourth-order valence-corrected chi connectivity index (χ4v) is 3.42. The zero-order chi connectivity index (χ0) is 15.1. The lowest BCUT2D eigenvalue weighted by atomic mass is 9.86. The summed E-state index contributed by atoms with van der Waals surface area (Å²) in [7, 11) is 0. The maximum atomic E-state index is 12.6. The third kappa shape index (κ3) is 2.40. The molecule has 1 fully saturated rings. The van der Waals surface area contributed by atoms with Gasteiger partial charge in [-0.25, -0.2) is 0 Å². The van der Waals surface area contributed by atoms with Gasteiger partial charge in [0, 0.05) is 23.9 Å². The lowest BCUT2D eigenvalue weighted by molar-refractivity contribution is -0.118. The molecule has 3 unspecified atom stereocenters. The van der Waals surface area contributed by atoms with Crippen molar-refractivity contribution in [2.24, 2.45) is 5.92 Å². The Labute approximate surface area is 129 Å². The molecule has 4 rings (SSSR count). The molecule has 2 aromatic heterocycles. The number of H-pyrrole nitrogens is 1. The van der Waals surface area contributed by atoms with Crippen LogP contribution in [0.2, 0.25) is 0 Å². The summed E-state index contributed by atoms with van der Waals surface area (Å²) >= 11 is 0. The van der Waals surface area contributed by atoms with Crippen LogP contribution in [0.15, 0.2) is 24.4 Å². The number of nitrogens with zero attached hydrogens (tertiary/aromatic N) is 2. The van der Waals surface area contributed by atoms with Crippen molar-refractivity contribution in [2.45, 2.75) is 44.4 Å². The molecule has 5 heteroatoms. The number of pyridine rings is 1. The average Bonchev–Trinajstić information content (AvgIpc) is 3.08. The Morgan fingerprint density at radius 3 is 3.14 bits per heavy atom. The molecule has 5 nitrogen and oxygen atoms in total. The number of aromatic nitrogens is 3. The summed E-state index contributed by atoms with van der Waals surface area (Å²) in [4.78, 5) is 17.0. The summed E-state index contributed by atoms with van der Waals surface area (Å²) in [6, 6.07) is 5.98. The molecule has 0 aromatic carbocycles. The number of carbonyl (C=O) groups excluding carboxylic acids is 1. The molecule has 2 aliphatic carbocycles. The zero-order valence-corrected chi connectivity index (χ0v) is 12.7. The van der Waals surface area contributed by atoms with Gasteiger partial charge in [0.1, 0.15) is 0 Å². The van der Waals surface area contributed by atoms with Crippen molar-refractivity contribution in [1.82, 2.24) is 15.2 Å². The van der Waals surface area contributed by atoms with Crippen molar-refractivity contribution in [2.75, 3.05) is 5.32 Å². The lowest BCUT2D eigenvalue weighted by Crippen LogP contribution is -2.25. The molecular weight excluding hydrogens is 276 g/mol. The maximum absolute atomic E-state index is 12.6. The Bertz CT molecular complexity index is 708. The predicted molar refractivity (Wildman–Crippen MR) is 83.7 cm³/mol. The highest BCUT2D eigenvalue weighted by atomic mass is 16.2. The topological polar surface area (TPSA) is 70.7 Å². The summed E-state index contributed by atoms with van der Waals surface area (Å²) in [5, 5.41) is 10.2. The first-order chi connectivity index (χ1) is 10.7. The molecule has 114 valence electrons. The second kappa shape index (κ2) is 5.23. The average molecular weight is 296 g/mol. The number of amides is 1. The number of anilines is 1. The first kappa shape index (κ1) is 13.5. The van der Waals surface area contributed by atoms with Crippen molar-refractivity contribution in [3.63, 3.8) is 0 Å². The van der Waals surface area contributed by atoms with E-state index in [1.54, 1.807) is 6.20 Å². The van der Waals surface area contributed by atoms with Crippen LogP contribution in [-0.2, 0) is 11.2 Å². The highest BCUT2D eigenvalue weighted by molar-refractivity contribution is 5.95. The minimum Gasteiger partial charge on any atom is -0.309 e. The fraction of sp³-hybridized carbons (Fsp3) is 0.471. The second-order valence-electron chi connectivity index (χ2n) is 6.51. The second-order valence-corrected chi connectivity index (χ2v) is 6.51. The highest BCUT2D eigenvalue weighted by Crippen LogP contribution is 2.46. The predicted octanol–water partition coefficient (Wildman–Crippen LogP) is 2.99. The molecule has 2 N–H and O–H groups in total. The Kier molecular flexibility index (Phi) is 3.21. The molecule has 0 radical (unpaired) electrons. The molecule has 0 spiro atoms. The first-order valence-electron chi connectivity index (χ1n) is 8.02. The Balaban J connectivity index is 1.50. The largest absolute Gasteiger partial charge is 0.309 e. The number of nitrogens with one attached hydrogen (secondary N) is 2. The summed E-state index contributed by atoms with van der Waals surface area (Å²) < 4.78 is 0. The summed E-state index contributed by atoms with van der Waals surface area (Å²) in [5.74, 6) is 1.77. The maximum Gasteiger partial charge on any atom is 0.234 e. The van der Waals surface area contributed by atoms with Crippen molar-refractivity contribution >= 4 is 11.7 Å². The number of hydrogen-bond acceptors (Lipinski definition) is 3. The van der Waals surface area contributed by atoms with E-state index in [1.807, 2.05) is 12.1 Å². The van der Waals surface area contributed by atoms with Crippen LogP contribution in [0, 0.1) is 5.92 Å². The van der Waals surface area contributed by atoms with E-state index in [9.17, 15) is 4.79 Å². The quantitative estimate of drug-likeness (QED) is 0.914. The van der Waals surface area contributed by atoms with E-state index in [0.717, 1.165) is 36.6 Å². The van der Waals surface area contributed by atoms with E-state index in [2.05, 4.69) is 33.5 Å². The molecule has 0 aliphatic heterocycles. The van der Waals surface area contributed by atoms with Crippen molar-refractivity contribution in [3.8, 4) is 0 Å². The van der Waals surface area contributed by atoms with Crippen molar-refractivity contribution in [1.29, 1.82) is 0 Å². The number of aryl methyl sites for hydroxylation is 1. The number of aromatic amines is 1. The molecule has 0 saturated heterocycles. The van der Waals surface area contributed by atoms with Gasteiger partial charge < -0.3 is 5.32 Å². The molecular formula is C17H20N4O. The van der Waals surface area contributed by atoms with Crippen LogP contribution >= 0.6 is 0 Å². The van der Waals surface area contributed by atoms with Crippen LogP contribution in [0.4, 0.5) is 5.82 Å². The number of fused-ring (bicyclic) bond motifs is 1. The normalized spacial score (nSPS) is 26.3. The Morgan fingerprint density at radius 1 is 1.45 bits per heavy atom. The third-order valence-corrected chi connectivity index (χ3v) is 4.87. The van der Waals surface area contributed by atoms with Crippen LogP contribution in [0.25, 0.3) is 0 Å². The number of carbonyl (C=O) groups is 1. The van der Waals surface area contributed by atoms with Crippen LogP contribution in [-0.4, -0.2) is 21.1 Å². The number of hydrogen-bond donors (Lipinski definition) is 2. The molecule has 0 bridgehead atoms. The molecule has 3 atom stereocenters. The zero-order valence-electron chi connectivity index (χ0n) is 12.7. The van der Waals surface area contributed by atoms with Gasteiger partial charge in [0.25, 0.3) is 0 Å². The minimum absolute atomic E-state index is 0.00143. The van der Waals surface area contributed by atoms with Crippen LogP contribution in [0.1, 0.15) is 55.0 Å². The first-order valence-corrected chi connectivity index (χ1v) is 8.02. The summed E-state index contributed by atoms with van der Waals surface area (Å²) in [6.07, 6.45) is 5.87. The Morgan fingerprint density at radius 2 is 2.32 bits per heavy atom. The van der Waals surface area contributed by atoms with Gasteiger partial charge in [0.05, 0.1) is 11.6 Å². The SMILES string of the molecule is CC1CC1c1cc(NC(=O)C2CCCc3cccnc32)n[nH]1. The van der Waals surface area contributed by atoms with Crippen LogP contribution < -0.4 is 5.32 Å². The molecule has 1 amide bonds. The van der Waals surface area contributed by atoms with Crippen molar-refractivity contribution < 1.29 is 4.79 Å². The van der Waals surface area contributed by atoms with Gasteiger partial charge in [0.15, 0.2) is 5.82 Å². The molecule has 1 saturated carbocycles. The van der Waals surface area contributed by atoms with Crippen LogP contribution in [0.5, 0.6) is 0 Å². The molecule has 2 heterocycles. The number of rotatable bonds is 3. The van der Waals surface area contributed by atoms with Gasteiger partial charge in [-0.3, -0.25) is 14.9 Å². The third-order valence-electron chi connectivity index (χ3n) is 4.87. The smallest absolute Gasteiger partial charge is 0.234 e. The molecule has 22 heavy (non-hydrogen) atoms. The van der Waals surface area contributed by atoms with E-state index in [-0.39, 0.29) is 11.8 Å². The van der Waals surface area contributed by atoms with Gasteiger partial charge in [-0.2, -0.15) is 5.10 Å². The minimum atomic E-state index is -0.162. The standard InChI is InChI=1S/C17H20N4O/c1-10-8-13(10)14-9-15(21-20-14)19-17(22)12-6-2-4-11-5-3-7-18-16(11)12/h3,5,7,9-10,12-13H,2,4,6,8H2,1H3,(H2,19,20,21,22). The van der Waals surface area contributed by atoms with Gasteiger partial charge >= 0.3 is 0 Å². The Hall–Kier alpha value is -2.17. The van der Waals surface area contributed by atoms with Gasteiger partial charge in [-0.1, -0.05) is 13.0 Å². The van der Waals surface area contributed by atoms with E-state index in [0.29, 0.717) is 11.7 Å². The van der Waals surface area contributed by atoms with E-state index in [1.165, 1.54) is 12.0 Å². The highest BCUT2D eigenvalue weighted by Gasteiger charge is 2.36. The van der Waals surface area contributed by atoms with Crippen molar-refractivity contribution in [3.05, 3.63) is 41.3 Å². The lowest BCUT2D eigenvalue weighted by Gasteiger charge is -2.22. The van der Waals surface area contributed by atoms with E-state index in [4.69, 9.17) is 0 Å². The fourth-order valence-electron chi connectivity index (χ4n) is 3.42. The van der Waals surface area contributed by atoms with Gasteiger partial charge in [0.2, 0.25) is 5.91 Å². The molecule has 2 aromatic rings. The monoisotopic (exact) mass is 296 g/mol. The van der Waals surface area contributed by atoms with E-state index < -0.39 is 0 Å². The summed E-state index contributed by atoms with van der Waals surface area (Å²) in [6.45, 7) is 2.23. The van der Waals surface area contributed by atoms with Gasteiger partial charge in [-0.15, -0.1) is 0 Å². The van der Waals surface area contributed by atoms with Gasteiger partial charge in [-0.05, 0) is 43.2 Å². The summed E-state index contributed by atoms with van der Waals surface area (Å²) in [5.41, 5.74) is 3.26. The van der Waals surface area contributed by atoms with E-state index >= 15 is 0 Å². The molecule has 2 aliphatic rings. The van der Waals surface area contributed by atoms with Crippen LogP contribution in [0.3, 0.4) is 0 Å².